The highest BCUT2D eigenvalue weighted by Gasteiger charge is 2.24. The molecule has 1 aliphatic rings. The van der Waals surface area contributed by atoms with Gasteiger partial charge in [0, 0.05) is 19.3 Å². The van der Waals surface area contributed by atoms with Crippen molar-refractivity contribution in [2.24, 2.45) is 0 Å². The number of carbonyl (C=O) groups excluding carboxylic acids is 1. The normalized spacial score (nSPS) is 16.2. The molecule has 1 saturated heterocycles. The predicted molar refractivity (Wildman–Crippen MR) is 66.9 cm³/mol. The first kappa shape index (κ1) is 11.5. The summed E-state index contributed by atoms with van der Waals surface area (Å²) in [6, 6.07) is 5.53. The van der Waals surface area contributed by atoms with Gasteiger partial charge in [-0.15, -0.1) is 0 Å². The van der Waals surface area contributed by atoms with E-state index in [1.165, 1.54) is 0 Å². The molecule has 0 saturated carbocycles. The van der Waals surface area contributed by atoms with Crippen molar-refractivity contribution in [2.45, 2.75) is 0 Å². The molecule has 2 aromatic heterocycles. The Hall–Kier alpha value is -1.59. The fraction of sp³-hybridized carbons (Fsp3) is 0.333. The van der Waals surface area contributed by atoms with Crippen molar-refractivity contribution in [3.05, 3.63) is 35.2 Å². The van der Waals surface area contributed by atoms with Gasteiger partial charge in [-0.2, -0.15) is 0 Å². The molecule has 1 fully saturated rings. The summed E-state index contributed by atoms with van der Waals surface area (Å²) in [5, 5.41) is 0.248. The van der Waals surface area contributed by atoms with Gasteiger partial charge in [0.15, 0.2) is 10.8 Å². The molecule has 0 atom stereocenters. The van der Waals surface area contributed by atoms with Gasteiger partial charge in [0.2, 0.25) is 0 Å². The lowest BCUT2D eigenvalue weighted by Crippen LogP contribution is -2.41. The molecule has 94 valence electrons. The summed E-state index contributed by atoms with van der Waals surface area (Å²) in [5.74, 6) is -0.0954. The molecule has 6 heteroatoms. The van der Waals surface area contributed by atoms with E-state index in [0.29, 0.717) is 37.6 Å². The average molecular weight is 266 g/mol. The largest absolute Gasteiger partial charge is 0.378 e. The molecule has 0 spiro atoms. The maximum absolute atomic E-state index is 12.4. The van der Waals surface area contributed by atoms with Gasteiger partial charge in [0.05, 0.1) is 13.2 Å². The summed E-state index contributed by atoms with van der Waals surface area (Å²) in [6.07, 6.45) is 1.79. The fourth-order valence-corrected chi connectivity index (χ4v) is 2.33. The molecule has 0 N–H and O–H groups in total. The zero-order chi connectivity index (χ0) is 12.5. The molecule has 0 aliphatic carbocycles. The average Bonchev–Trinajstić information content (AvgIpc) is 2.75. The van der Waals surface area contributed by atoms with Crippen molar-refractivity contribution in [2.75, 3.05) is 26.3 Å². The highest BCUT2D eigenvalue weighted by atomic mass is 35.5. The fourth-order valence-electron chi connectivity index (χ4n) is 2.07. The molecule has 0 bridgehead atoms. The molecular weight excluding hydrogens is 254 g/mol. The van der Waals surface area contributed by atoms with Gasteiger partial charge >= 0.3 is 0 Å². The third kappa shape index (κ3) is 1.85. The zero-order valence-electron chi connectivity index (χ0n) is 9.67. The first-order chi connectivity index (χ1) is 8.77. The maximum Gasteiger partial charge on any atom is 0.274 e. The molecular formula is C12H12ClN3O2. The number of rotatable bonds is 1. The summed E-state index contributed by atoms with van der Waals surface area (Å²) in [6.45, 7) is 2.32. The second kappa shape index (κ2) is 4.59. The highest BCUT2D eigenvalue weighted by Crippen LogP contribution is 2.19. The van der Waals surface area contributed by atoms with Crippen molar-refractivity contribution in [1.29, 1.82) is 0 Å². The Bertz CT molecular complexity index is 590. The first-order valence-electron chi connectivity index (χ1n) is 5.77. The highest BCUT2D eigenvalue weighted by molar-refractivity contribution is 6.32. The summed E-state index contributed by atoms with van der Waals surface area (Å²) in [7, 11) is 0. The number of carbonyl (C=O) groups is 1. The predicted octanol–water partition coefficient (Wildman–Crippen LogP) is 1.46. The third-order valence-electron chi connectivity index (χ3n) is 2.99. The van der Waals surface area contributed by atoms with E-state index >= 15 is 0 Å². The summed E-state index contributed by atoms with van der Waals surface area (Å²) >= 11 is 6.07. The van der Waals surface area contributed by atoms with Gasteiger partial charge in [0.25, 0.3) is 5.91 Å². The van der Waals surface area contributed by atoms with Crippen LogP contribution in [0.1, 0.15) is 10.5 Å². The maximum atomic E-state index is 12.4. The number of hydrogen-bond donors (Lipinski definition) is 0. The number of fused-ring (bicyclic) bond motifs is 1. The molecule has 3 heterocycles. The zero-order valence-corrected chi connectivity index (χ0v) is 10.4. The van der Waals surface area contributed by atoms with Crippen LogP contribution >= 0.6 is 11.6 Å². The second-order valence-corrected chi connectivity index (χ2v) is 4.44. The monoisotopic (exact) mass is 265 g/mol. The molecule has 5 nitrogen and oxygen atoms in total. The summed E-state index contributed by atoms with van der Waals surface area (Å²) in [5.41, 5.74) is 1.10. The SMILES string of the molecule is O=C(c1c(Cl)nc2ccccn12)N1CCOCC1. The number of aromatic nitrogens is 2. The Morgan fingerprint density at radius 1 is 1.33 bits per heavy atom. The lowest BCUT2D eigenvalue weighted by molar-refractivity contribution is 0.0298. The number of halogens is 1. The Labute approximate surface area is 109 Å². The Morgan fingerprint density at radius 3 is 2.89 bits per heavy atom. The van der Waals surface area contributed by atoms with E-state index in [2.05, 4.69) is 4.98 Å². The van der Waals surface area contributed by atoms with Crippen molar-refractivity contribution in [1.82, 2.24) is 14.3 Å². The van der Waals surface area contributed by atoms with E-state index in [9.17, 15) is 4.79 Å². The minimum atomic E-state index is -0.0954. The van der Waals surface area contributed by atoms with Crippen molar-refractivity contribution in [3.63, 3.8) is 0 Å². The van der Waals surface area contributed by atoms with Crippen LogP contribution in [0, 0.1) is 0 Å². The van der Waals surface area contributed by atoms with E-state index in [0.717, 1.165) is 0 Å². The second-order valence-electron chi connectivity index (χ2n) is 4.08. The van der Waals surface area contributed by atoms with Crippen LogP contribution in [0.4, 0.5) is 0 Å². The molecule has 0 aromatic carbocycles. The van der Waals surface area contributed by atoms with Crippen LogP contribution < -0.4 is 0 Å². The van der Waals surface area contributed by atoms with Crippen LogP contribution in [-0.4, -0.2) is 46.5 Å². The quantitative estimate of drug-likeness (QED) is 0.784. The Morgan fingerprint density at radius 2 is 2.11 bits per heavy atom. The standard InChI is InChI=1S/C12H12ClN3O2/c13-11-10(12(17)15-5-7-18-8-6-15)16-4-2-1-3-9(16)14-11/h1-4H,5-8H2. The lowest BCUT2D eigenvalue weighted by Gasteiger charge is -2.26. The van der Waals surface area contributed by atoms with Gasteiger partial charge in [-0.05, 0) is 12.1 Å². The van der Waals surface area contributed by atoms with Crippen molar-refractivity contribution in [3.8, 4) is 0 Å². The molecule has 18 heavy (non-hydrogen) atoms. The summed E-state index contributed by atoms with van der Waals surface area (Å²) < 4.78 is 6.96. The molecule has 0 unspecified atom stereocenters. The number of morpholine rings is 1. The van der Waals surface area contributed by atoms with Gasteiger partial charge in [0.1, 0.15) is 5.65 Å². The number of hydrogen-bond acceptors (Lipinski definition) is 3. The van der Waals surface area contributed by atoms with Crippen LogP contribution in [0.2, 0.25) is 5.15 Å². The molecule has 2 aromatic rings. The van der Waals surface area contributed by atoms with E-state index in [1.54, 1.807) is 15.5 Å². The third-order valence-corrected chi connectivity index (χ3v) is 3.25. The van der Waals surface area contributed by atoms with Crippen LogP contribution in [0.5, 0.6) is 0 Å². The van der Waals surface area contributed by atoms with E-state index in [1.807, 2.05) is 18.2 Å². The van der Waals surface area contributed by atoms with Crippen LogP contribution in [0.15, 0.2) is 24.4 Å². The van der Waals surface area contributed by atoms with E-state index < -0.39 is 0 Å². The smallest absolute Gasteiger partial charge is 0.274 e. The van der Waals surface area contributed by atoms with E-state index in [4.69, 9.17) is 16.3 Å². The van der Waals surface area contributed by atoms with Gasteiger partial charge in [-0.3, -0.25) is 9.20 Å². The minimum absolute atomic E-state index is 0.0954. The Kier molecular flexibility index (Phi) is 2.93. The van der Waals surface area contributed by atoms with Gasteiger partial charge in [-0.25, -0.2) is 4.98 Å². The lowest BCUT2D eigenvalue weighted by atomic mass is 10.3. The van der Waals surface area contributed by atoms with Gasteiger partial charge in [-0.1, -0.05) is 17.7 Å². The topological polar surface area (TPSA) is 46.8 Å². The number of amides is 1. The Balaban J connectivity index is 2.02. The number of imidazole rings is 1. The minimum Gasteiger partial charge on any atom is -0.378 e. The number of pyridine rings is 1. The van der Waals surface area contributed by atoms with Crippen LogP contribution in [-0.2, 0) is 4.74 Å². The number of ether oxygens (including phenoxy) is 1. The number of nitrogens with zero attached hydrogens (tertiary/aromatic N) is 3. The van der Waals surface area contributed by atoms with Crippen molar-refractivity contribution < 1.29 is 9.53 Å². The van der Waals surface area contributed by atoms with Crippen LogP contribution in [0.3, 0.4) is 0 Å². The van der Waals surface area contributed by atoms with Gasteiger partial charge < -0.3 is 9.64 Å². The summed E-state index contributed by atoms with van der Waals surface area (Å²) in [4.78, 5) is 18.3. The van der Waals surface area contributed by atoms with Crippen molar-refractivity contribution >= 4 is 23.2 Å². The molecule has 0 radical (unpaired) electrons. The van der Waals surface area contributed by atoms with Crippen LogP contribution in [0.25, 0.3) is 5.65 Å². The molecule has 3 rings (SSSR count). The molecule has 1 amide bonds. The first-order valence-corrected chi connectivity index (χ1v) is 6.15. The van der Waals surface area contributed by atoms with E-state index in [-0.39, 0.29) is 11.1 Å². The molecule has 1 aliphatic heterocycles.